The highest BCUT2D eigenvalue weighted by Gasteiger charge is 2.16. The molecule has 0 saturated carbocycles. The molecule has 0 bridgehead atoms. The molecule has 0 fully saturated rings. The van der Waals surface area contributed by atoms with Gasteiger partial charge in [0, 0.05) is 0 Å². The van der Waals surface area contributed by atoms with Crippen LogP contribution in [0.4, 0.5) is 0 Å². The van der Waals surface area contributed by atoms with Crippen LogP contribution in [0.1, 0.15) is 11.1 Å². The lowest BCUT2D eigenvalue weighted by Crippen LogP contribution is -2.01. The molecule has 0 aliphatic carbocycles. The highest BCUT2D eigenvalue weighted by atomic mass is 32.2. The summed E-state index contributed by atoms with van der Waals surface area (Å²) < 4.78 is 25.0. The molecule has 4 heteroatoms. The first kappa shape index (κ1) is 15.3. The lowest BCUT2D eigenvalue weighted by molar-refractivity contribution is 0.475. The second-order valence-electron chi connectivity index (χ2n) is 5.30. The van der Waals surface area contributed by atoms with Crippen molar-refractivity contribution in [3.63, 3.8) is 0 Å². The summed E-state index contributed by atoms with van der Waals surface area (Å²) in [5, 5.41) is 9.29. The lowest BCUT2D eigenvalue weighted by Gasteiger charge is -2.06. The van der Waals surface area contributed by atoms with Crippen molar-refractivity contribution in [2.45, 2.75) is 16.2 Å². The van der Waals surface area contributed by atoms with Gasteiger partial charge in [-0.3, -0.25) is 0 Å². The summed E-state index contributed by atoms with van der Waals surface area (Å²) >= 11 is 0. The number of phenols is 1. The molecule has 0 unspecified atom stereocenters. The van der Waals surface area contributed by atoms with Gasteiger partial charge in [-0.1, -0.05) is 42.5 Å². The molecular weight excluding hydrogens is 308 g/mol. The molecule has 3 aromatic carbocycles. The highest BCUT2D eigenvalue weighted by Crippen LogP contribution is 2.22. The van der Waals surface area contributed by atoms with Gasteiger partial charge in [-0.2, -0.15) is 0 Å². The molecule has 3 nitrogen and oxygen atoms in total. The Balaban J connectivity index is 1.83. The van der Waals surface area contributed by atoms with Crippen LogP contribution in [-0.4, -0.2) is 13.5 Å². The predicted molar refractivity (Wildman–Crippen MR) is 89.2 cm³/mol. The largest absolute Gasteiger partial charge is 0.508 e. The number of hydrogen-bond donors (Lipinski definition) is 1. The Kier molecular flexibility index (Phi) is 4.17. The summed E-state index contributed by atoms with van der Waals surface area (Å²) in [6.07, 6.45) is 0.686. The predicted octanol–water partition coefficient (Wildman–Crippen LogP) is 3.82. The second-order valence-corrected chi connectivity index (χ2v) is 7.25. The van der Waals surface area contributed by atoms with Crippen LogP contribution >= 0.6 is 0 Å². The van der Waals surface area contributed by atoms with Crippen molar-refractivity contribution >= 4 is 9.84 Å². The van der Waals surface area contributed by atoms with Crippen LogP contribution in [0.25, 0.3) is 0 Å². The van der Waals surface area contributed by atoms with Gasteiger partial charge < -0.3 is 5.11 Å². The normalized spacial score (nSPS) is 11.3. The van der Waals surface area contributed by atoms with E-state index in [2.05, 4.69) is 0 Å². The molecule has 116 valence electrons. The zero-order valence-corrected chi connectivity index (χ0v) is 13.2. The second kappa shape index (κ2) is 6.26. The van der Waals surface area contributed by atoms with E-state index in [0.717, 1.165) is 11.1 Å². The van der Waals surface area contributed by atoms with E-state index in [1.54, 1.807) is 54.6 Å². The van der Waals surface area contributed by atoms with E-state index in [4.69, 9.17) is 0 Å². The van der Waals surface area contributed by atoms with Gasteiger partial charge in [0.1, 0.15) is 5.75 Å². The third-order valence-corrected chi connectivity index (χ3v) is 5.42. The minimum Gasteiger partial charge on any atom is -0.508 e. The zero-order valence-electron chi connectivity index (χ0n) is 12.4. The van der Waals surface area contributed by atoms with Gasteiger partial charge in [-0.15, -0.1) is 0 Å². The number of phenolic OH excluding ortho intramolecular Hbond substituents is 1. The summed E-state index contributed by atoms with van der Waals surface area (Å²) in [5.41, 5.74) is 2.07. The lowest BCUT2D eigenvalue weighted by atomic mass is 10.1. The average Bonchev–Trinajstić information content (AvgIpc) is 2.58. The average molecular weight is 324 g/mol. The summed E-state index contributed by atoms with van der Waals surface area (Å²) in [4.78, 5) is 0.587. The molecule has 23 heavy (non-hydrogen) atoms. The van der Waals surface area contributed by atoms with Crippen LogP contribution in [-0.2, 0) is 16.3 Å². The molecule has 0 aliphatic rings. The minimum absolute atomic E-state index is 0.234. The maximum absolute atomic E-state index is 12.5. The van der Waals surface area contributed by atoms with Crippen molar-refractivity contribution in [3.8, 4) is 5.75 Å². The van der Waals surface area contributed by atoms with Gasteiger partial charge in [-0.25, -0.2) is 8.42 Å². The number of hydrogen-bond acceptors (Lipinski definition) is 3. The summed E-state index contributed by atoms with van der Waals surface area (Å²) in [7, 11) is -3.47. The van der Waals surface area contributed by atoms with Crippen molar-refractivity contribution in [2.24, 2.45) is 0 Å². The van der Waals surface area contributed by atoms with Gasteiger partial charge in [-0.05, 0) is 53.9 Å². The topological polar surface area (TPSA) is 54.4 Å². The summed E-state index contributed by atoms with van der Waals surface area (Å²) in [6, 6.07) is 22.3. The molecule has 0 aromatic heterocycles. The number of aromatic hydroxyl groups is 1. The third kappa shape index (κ3) is 3.43. The van der Waals surface area contributed by atoms with Crippen LogP contribution in [0.2, 0.25) is 0 Å². The first-order valence-corrected chi connectivity index (χ1v) is 8.71. The first-order chi connectivity index (χ1) is 11.1. The molecule has 0 heterocycles. The maximum atomic E-state index is 12.5. The Hall–Kier alpha value is -2.59. The van der Waals surface area contributed by atoms with Crippen molar-refractivity contribution in [3.05, 3.63) is 90.0 Å². The fourth-order valence-electron chi connectivity index (χ4n) is 2.37. The van der Waals surface area contributed by atoms with E-state index in [9.17, 15) is 13.5 Å². The molecule has 0 amide bonds. The van der Waals surface area contributed by atoms with Gasteiger partial charge in [0.15, 0.2) is 0 Å². The molecule has 3 rings (SSSR count). The number of rotatable bonds is 4. The SMILES string of the molecule is O=S(=O)(c1ccccc1)c1ccc(Cc2ccc(O)cc2)cc1. The molecule has 3 aromatic rings. The Labute approximate surface area is 135 Å². The number of benzene rings is 3. The third-order valence-electron chi connectivity index (χ3n) is 3.63. The van der Waals surface area contributed by atoms with Crippen LogP contribution in [0.5, 0.6) is 5.75 Å². The maximum Gasteiger partial charge on any atom is 0.206 e. The van der Waals surface area contributed by atoms with Gasteiger partial charge in [0.25, 0.3) is 0 Å². The van der Waals surface area contributed by atoms with Crippen molar-refractivity contribution < 1.29 is 13.5 Å². The van der Waals surface area contributed by atoms with E-state index in [0.29, 0.717) is 11.3 Å². The quantitative estimate of drug-likeness (QED) is 0.794. The molecule has 0 radical (unpaired) electrons. The van der Waals surface area contributed by atoms with E-state index in [1.807, 2.05) is 24.3 Å². The van der Waals surface area contributed by atoms with Crippen LogP contribution in [0.15, 0.2) is 88.7 Å². The standard InChI is InChI=1S/C19H16O3S/c20-17-10-6-15(7-11-17)14-16-8-12-19(13-9-16)23(21,22)18-4-2-1-3-5-18/h1-13,20H,14H2. The van der Waals surface area contributed by atoms with Crippen LogP contribution < -0.4 is 0 Å². The Morgan fingerprint density at radius 2 is 1.13 bits per heavy atom. The molecule has 0 spiro atoms. The minimum atomic E-state index is -3.47. The van der Waals surface area contributed by atoms with Crippen molar-refractivity contribution in [1.82, 2.24) is 0 Å². The van der Waals surface area contributed by atoms with E-state index in [1.165, 1.54) is 0 Å². The summed E-state index contributed by atoms with van der Waals surface area (Å²) in [6.45, 7) is 0. The molecule has 0 atom stereocenters. The van der Waals surface area contributed by atoms with E-state index < -0.39 is 9.84 Å². The van der Waals surface area contributed by atoms with Crippen molar-refractivity contribution in [1.29, 1.82) is 0 Å². The van der Waals surface area contributed by atoms with E-state index >= 15 is 0 Å². The fourth-order valence-corrected chi connectivity index (χ4v) is 3.65. The van der Waals surface area contributed by atoms with Crippen molar-refractivity contribution in [2.75, 3.05) is 0 Å². The monoisotopic (exact) mass is 324 g/mol. The summed E-state index contributed by atoms with van der Waals surface area (Å²) in [5.74, 6) is 0.234. The van der Waals surface area contributed by atoms with E-state index in [-0.39, 0.29) is 10.6 Å². The number of sulfone groups is 1. The van der Waals surface area contributed by atoms with Gasteiger partial charge >= 0.3 is 0 Å². The Bertz CT molecular complexity index is 882. The van der Waals surface area contributed by atoms with Gasteiger partial charge in [0.2, 0.25) is 9.84 Å². The van der Waals surface area contributed by atoms with Crippen LogP contribution in [0, 0.1) is 0 Å². The molecule has 0 aliphatic heterocycles. The molecule has 1 N–H and O–H groups in total. The van der Waals surface area contributed by atoms with Gasteiger partial charge in [0.05, 0.1) is 9.79 Å². The molecule has 0 saturated heterocycles. The molecular formula is C19H16O3S. The Morgan fingerprint density at radius 1 is 0.652 bits per heavy atom. The smallest absolute Gasteiger partial charge is 0.206 e. The Morgan fingerprint density at radius 3 is 1.70 bits per heavy atom. The van der Waals surface area contributed by atoms with Crippen LogP contribution in [0.3, 0.4) is 0 Å². The fraction of sp³-hybridized carbons (Fsp3) is 0.0526. The highest BCUT2D eigenvalue weighted by molar-refractivity contribution is 7.91. The zero-order chi connectivity index (χ0) is 16.3. The first-order valence-electron chi connectivity index (χ1n) is 7.23.